The van der Waals surface area contributed by atoms with Gasteiger partial charge in [-0.1, -0.05) is 72.8 Å². The van der Waals surface area contributed by atoms with Gasteiger partial charge >= 0.3 is 0 Å². The molecule has 3 aromatic carbocycles. The highest BCUT2D eigenvalue weighted by molar-refractivity contribution is 6.23. The van der Waals surface area contributed by atoms with Gasteiger partial charge < -0.3 is 14.6 Å². The van der Waals surface area contributed by atoms with Crippen LogP contribution in [-0.4, -0.2) is 32.3 Å². The van der Waals surface area contributed by atoms with Crippen LogP contribution in [-0.2, 0) is 13.5 Å². The third kappa shape index (κ3) is 4.00. The molecule has 6 rings (SSSR count). The molecule has 0 atom stereocenters. The molecule has 0 spiro atoms. The Bertz CT molecular complexity index is 1610. The molecule has 5 aromatic rings. The van der Waals surface area contributed by atoms with Crippen molar-refractivity contribution in [1.82, 2.24) is 19.3 Å². The summed E-state index contributed by atoms with van der Waals surface area (Å²) in [6.45, 7) is 0. The van der Waals surface area contributed by atoms with E-state index in [1.165, 1.54) is 0 Å². The molecule has 0 unspecified atom stereocenters. The number of aromatic nitrogens is 4. The summed E-state index contributed by atoms with van der Waals surface area (Å²) in [5, 5.41) is 8.34. The zero-order valence-corrected chi connectivity index (χ0v) is 20.6. The van der Waals surface area contributed by atoms with E-state index in [1.807, 2.05) is 90.6 Å². The molecule has 0 amide bonds. The Labute approximate surface area is 214 Å². The fourth-order valence-electron chi connectivity index (χ4n) is 4.76. The number of imidazole rings is 1. The van der Waals surface area contributed by atoms with Crippen molar-refractivity contribution in [1.29, 1.82) is 0 Å². The van der Waals surface area contributed by atoms with Crippen LogP contribution < -0.4 is 10.1 Å². The maximum absolute atomic E-state index is 14.2. The largest absolute Gasteiger partial charge is 0.497 e. The Morgan fingerprint density at radius 2 is 1.54 bits per heavy atom. The van der Waals surface area contributed by atoms with E-state index in [-0.39, 0.29) is 5.91 Å². The summed E-state index contributed by atoms with van der Waals surface area (Å²) in [7, 11) is 3.54. The first-order valence-corrected chi connectivity index (χ1v) is 12.0. The number of allylic oxidation sites excluding steroid dienone is 2. The van der Waals surface area contributed by atoms with E-state index in [0.717, 1.165) is 45.1 Å². The van der Waals surface area contributed by atoms with Gasteiger partial charge in [-0.2, -0.15) is 9.78 Å². The summed E-state index contributed by atoms with van der Waals surface area (Å²) < 4.78 is 8.79. The van der Waals surface area contributed by atoms with Crippen LogP contribution in [0.5, 0.6) is 5.75 Å². The monoisotopic (exact) mass is 487 g/mol. The first kappa shape index (κ1) is 22.5. The highest BCUT2D eigenvalue weighted by Crippen LogP contribution is 2.40. The van der Waals surface area contributed by atoms with Crippen molar-refractivity contribution in [2.75, 3.05) is 12.4 Å². The van der Waals surface area contributed by atoms with Crippen molar-refractivity contribution < 1.29 is 9.53 Å². The van der Waals surface area contributed by atoms with E-state index >= 15 is 0 Å². The molecule has 0 saturated heterocycles. The minimum Gasteiger partial charge on any atom is -0.497 e. The van der Waals surface area contributed by atoms with E-state index in [4.69, 9.17) is 9.84 Å². The normalized spacial score (nSPS) is 13.0. The van der Waals surface area contributed by atoms with Crippen molar-refractivity contribution in [3.8, 4) is 28.1 Å². The maximum Gasteiger partial charge on any atom is 0.280 e. The van der Waals surface area contributed by atoms with Crippen LogP contribution in [0.4, 0.5) is 5.95 Å². The zero-order valence-electron chi connectivity index (χ0n) is 20.6. The summed E-state index contributed by atoms with van der Waals surface area (Å²) in [4.78, 5) is 18.6. The van der Waals surface area contributed by atoms with Gasteiger partial charge in [0.15, 0.2) is 0 Å². The number of methoxy groups -OCH3 is 1. The molecule has 0 fully saturated rings. The average molecular weight is 488 g/mol. The third-order valence-corrected chi connectivity index (χ3v) is 6.61. The number of benzene rings is 3. The molecule has 37 heavy (non-hydrogen) atoms. The van der Waals surface area contributed by atoms with Gasteiger partial charge in [0.1, 0.15) is 11.4 Å². The second-order valence-electron chi connectivity index (χ2n) is 8.86. The number of rotatable bonds is 6. The van der Waals surface area contributed by atoms with Crippen molar-refractivity contribution in [3.63, 3.8) is 0 Å². The summed E-state index contributed by atoms with van der Waals surface area (Å²) in [5.41, 5.74) is 6.65. The number of carbonyl (C=O) groups excluding carboxylic acids is 1. The van der Waals surface area contributed by atoms with Crippen LogP contribution >= 0.6 is 0 Å². The Hall–Kier alpha value is -4.91. The van der Waals surface area contributed by atoms with E-state index in [2.05, 4.69) is 22.4 Å². The Balaban J connectivity index is 1.56. The van der Waals surface area contributed by atoms with Gasteiger partial charge in [-0.3, -0.25) is 4.79 Å². The zero-order chi connectivity index (χ0) is 25.4. The summed E-state index contributed by atoms with van der Waals surface area (Å²) in [6.07, 6.45) is 4.07. The molecule has 0 saturated carbocycles. The van der Waals surface area contributed by atoms with Crippen LogP contribution in [0, 0.1) is 0 Å². The minimum atomic E-state index is -0.192. The molecule has 7 heteroatoms. The molecule has 1 aliphatic heterocycles. The first-order chi connectivity index (χ1) is 18.1. The molecule has 0 radical (unpaired) electrons. The van der Waals surface area contributed by atoms with Crippen molar-refractivity contribution >= 4 is 17.4 Å². The van der Waals surface area contributed by atoms with Crippen molar-refractivity contribution in [3.05, 3.63) is 114 Å². The van der Waals surface area contributed by atoms with Crippen LogP contribution in [0.15, 0.2) is 103 Å². The van der Waals surface area contributed by atoms with Crippen LogP contribution in [0.25, 0.3) is 28.0 Å². The quantitative estimate of drug-likeness (QED) is 0.334. The number of fused-ring (bicyclic) bond motifs is 1. The molecular formula is C30H25N5O2. The number of hydrogen-bond acceptors (Lipinski definition) is 5. The number of ether oxygens (including phenoxy) is 1. The van der Waals surface area contributed by atoms with Gasteiger partial charge in [-0.05, 0) is 23.3 Å². The molecule has 3 heterocycles. The van der Waals surface area contributed by atoms with Gasteiger partial charge in [0, 0.05) is 42.7 Å². The lowest BCUT2D eigenvalue weighted by atomic mass is 9.92. The average Bonchev–Trinajstić information content (AvgIpc) is 3.53. The number of aryl methyl sites for hydroxylation is 1. The Kier molecular flexibility index (Phi) is 5.65. The van der Waals surface area contributed by atoms with Crippen molar-refractivity contribution in [2.24, 2.45) is 7.05 Å². The molecule has 0 bridgehead atoms. The molecule has 0 aliphatic carbocycles. The van der Waals surface area contributed by atoms with Gasteiger partial charge in [0.05, 0.1) is 18.4 Å². The van der Waals surface area contributed by atoms with E-state index < -0.39 is 0 Å². The molecule has 1 aliphatic rings. The number of carbonyl (C=O) groups is 1. The number of nitrogens with one attached hydrogen (secondary N) is 1. The SMILES string of the molecule is COc1ccc(C2=C(Nc3nccn3C)Cc3c(-c4ccccc4)c(-c4ccccc4)nn3C2=O)cc1. The maximum atomic E-state index is 14.2. The second-order valence-corrected chi connectivity index (χ2v) is 8.86. The predicted octanol–water partition coefficient (Wildman–Crippen LogP) is 5.68. The molecule has 2 aromatic heterocycles. The van der Waals surface area contributed by atoms with Crippen LogP contribution in [0.2, 0.25) is 0 Å². The van der Waals surface area contributed by atoms with Crippen LogP contribution in [0.1, 0.15) is 16.1 Å². The number of hydrogen-bond donors (Lipinski definition) is 1. The molecule has 1 N–H and O–H groups in total. The fourth-order valence-corrected chi connectivity index (χ4v) is 4.76. The van der Waals surface area contributed by atoms with Gasteiger partial charge in [-0.15, -0.1) is 0 Å². The highest BCUT2D eigenvalue weighted by atomic mass is 16.5. The second kappa shape index (κ2) is 9.28. The third-order valence-electron chi connectivity index (χ3n) is 6.61. The summed E-state index contributed by atoms with van der Waals surface area (Å²) in [6, 6.07) is 27.6. The van der Waals surface area contributed by atoms with E-state index in [9.17, 15) is 4.79 Å². The number of anilines is 1. The van der Waals surface area contributed by atoms with Gasteiger partial charge in [0.2, 0.25) is 5.95 Å². The fraction of sp³-hybridized carbons (Fsp3) is 0.100. The lowest BCUT2D eigenvalue weighted by Crippen LogP contribution is -2.27. The molecule has 182 valence electrons. The standard InChI is InChI=1S/C30H25N5O2/c1-34-18-17-31-30(34)32-24-19-25-27(20-9-5-3-6-10-20)28(22-11-7-4-8-12-22)33-35(25)29(36)26(24)21-13-15-23(37-2)16-14-21/h3-18H,19H2,1-2H3,(H,31,32). The van der Waals surface area contributed by atoms with Gasteiger partial charge in [0.25, 0.3) is 5.91 Å². The van der Waals surface area contributed by atoms with E-state index in [1.54, 1.807) is 18.0 Å². The summed E-state index contributed by atoms with van der Waals surface area (Å²) in [5.74, 6) is 1.19. The predicted molar refractivity (Wildman–Crippen MR) is 144 cm³/mol. The lowest BCUT2D eigenvalue weighted by molar-refractivity contribution is 0.0958. The van der Waals surface area contributed by atoms with Gasteiger partial charge in [-0.25, -0.2) is 4.98 Å². The topological polar surface area (TPSA) is 74.0 Å². The van der Waals surface area contributed by atoms with Crippen molar-refractivity contribution in [2.45, 2.75) is 6.42 Å². The lowest BCUT2D eigenvalue weighted by Gasteiger charge is -2.23. The minimum absolute atomic E-state index is 0.192. The molecule has 7 nitrogen and oxygen atoms in total. The molecular weight excluding hydrogens is 462 g/mol. The first-order valence-electron chi connectivity index (χ1n) is 12.0. The van der Waals surface area contributed by atoms with E-state index in [0.29, 0.717) is 17.9 Å². The Morgan fingerprint density at radius 1 is 0.865 bits per heavy atom. The summed E-state index contributed by atoms with van der Waals surface area (Å²) >= 11 is 0. The smallest absolute Gasteiger partial charge is 0.280 e. The Morgan fingerprint density at radius 3 is 2.16 bits per heavy atom. The number of nitrogens with zero attached hydrogens (tertiary/aromatic N) is 4. The van der Waals surface area contributed by atoms with Crippen LogP contribution in [0.3, 0.4) is 0 Å². The highest BCUT2D eigenvalue weighted by Gasteiger charge is 2.33.